The fourth-order valence-electron chi connectivity index (χ4n) is 6.17. The van der Waals surface area contributed by atoms with Crippen LogP contribution < -0.4 is 0 Å². The molecule has 0 aromatic heterocycles. The third kappa shape index (κ3) is 6.85. The van der Waals surface area contributed by atoms with Gasteiger partial charge in [0.05, 0.1) is 6.07 Å². The molecule has 2 aromatic carbocycles. The number of aryl methyl sites for hydroxylation is 2. The van der Waals surface area contributed by atoms with Crippen molar-refractivity contribution in [2.24, 2.45) is 0 Å². The molecule has 0 bridgehead atoms. The summed E-state index contributed by atoms with van der Waals surface area (Å²) in [4.78, 5) is 6.01. The van der Waals surface area contributed by atoms with Crippen molar-refractivity contribution in [1.29, 1.82) is 5.26 Å². The number of allylic oxidation sites excluding steroid dienone is 1. The van der Waals surface area contributed by atoms with Crippen molar-refractivity contribution < 1.29 is 0 Å². The monoisotopic (exact) mass is 550 g/mol. The summed E-state index contributed by atoms with van der Waals surface area (Å²) in [6.45, 7) is 13.8. The minimum Gasteiger partial charge on any atom is -0.373 e. The van der Waals surface area contributed by atoms with E-state index >= 15 is 0 Å². The minimum atomic E-state index is -1.74. The van der Waals surface area contributed by atoms with Crippen LogP contribution in [0.5, 0.6) is 0 Å². The highest BCUT2D eigenvalue weighted by Gasteiger charge is 2.35. The molecular formula is C32H43ClN4S. The number of hydrogen-bond acceptors (Lipinski definition) is 4. The molecule has 4 rings (SSSR count). The van der Waals surface area contributed by atoms with Gasteiger partial charge in [0.2, 0.25) is 0 Å². The molecule has 204 valence electrons. The number of benzene rings is 2. The molecule has 0 N–H and O–H groups in total. The largest absolute Gasteiger partial charge is 0.373 e. The maximum atomic E-state index is 8.89. The van der Waals surface area contributed by atoms with E-state index in [4.69, 9.17) is 28.6 Å². The Bertz CT molecular complexity index is 1230. The quantitative estimate of drug-likeness (QED) is 0.306. The third-order valence-electron chi connectivity index (χ3n) is 8.09. The van der Waals surface area contributed by atoms with Gasteiger partial charge in [0.15, 0.2) is 0 Å². The Labute approximate surface area is 236 Å². The van der Waals surface area contributed by atoms with E-state index in [0.717, 1.165) is 63.4 Å². The van der Waals surface area contributed by atoms with E-state index in [2.05, 4.69) is 70.9 Å². The first-order valence-electron chi connectivity index (χ1n) is 13.8. The Kier molecular flexibility index (Phi) is 9.65. The highest BCUT2D eigenvalue weighted by Crippen LogP contribution is 2.50. The summed E-state index contributed by atoms with van der Waals surface area (Å²) >= 11 is 6.25. The molecule has 2 atom stereocenters. The van der Waals surface area contributed by atoms with E-state index in [9.17, 15) is 0 Å². The second-order valence-corrected chi connectivity index (χ2v) is 14.0. The third-order valence-corrected chi connectivity index (χ3v) is 10.9. The first-order chi connectivity index (χ1) is 18.2. The molecule has 38 heavy (non-hydrogen) atoms. The molecule has 2 aliphatic heterocycles. The van der Waals surface area contributed by atoms with Crippen LogP contribution in [0.15, 0.2) is 59.6 Å². The Hall–Kier alpha value is -2.23. The van der Waals surface area contributed by atoms with Crippen LogP contribution in [0.1, 0.15) is 61.3 Å². The second-order valence-electron chi connectivity index (χ2n) is 11.0. The van der Waals surface area contributed by atoms with Crippen LogP contribution in [-0.2, 0) is 0 Å². The molecule has 0 radical (unpaired) electrons. The Morgan fingerprint density at radius 1 is 1.03 bits per heavy atom. The summed E-state index contributed by atoms with van der Waals surface area (Å²) in [6.07, 6.45) is 6.13. The van der Waals surface area contributed by atoms with Crippen molar-refractivity contribution in [3.63, 3.8) is 0 Å². The van der Waals surface area contributed by atoms with Crippen molar-refractivity contribution >= 4 is 32.7 Å². The van der Waals surface area contributed by atoms with E-state index < -0.39 is 9.39 Å². The van der Waals surface area contributed by atoms with E-state index in [1.165, 1.54) is 33.7 Å². The first kappa shape index (κ1) is 28.8. The molecule has 0 amide bonds. The molecule has 6 heteroatoms. The summed E-state index contributed by atoms with van der Waals surface area (Å²) in [5, 5.41) is 9.64. The van der Waals surface area contributed by atoms with Gasteiger partial charge in [-0.3, -0.25) is 4.90 Å². The van der Waals surface area contributed by atoms with Crippen molar-refractivity contribution in [1.82, 2.24) is 14.1 Å². The molecule has 2 fully saturated rings. The number of nitriles is 1. The topological polar surface area (TPSA) is 33.5 Å². The number of piperidine rings is 1. The van der Waals surface area contributed by atoms with Gasteiger partial charge in [0, 0.05) is 66.8 Å². The van der Waals surface area contributed by atoms with Gasteiger partial charge in [-0.25, -0.2) is 4.31 Å². The first-order valence-corrected chi connectivity index (χ1v) is 16.1. The standard InChI is InChI=1S/C32H43ClN4S/c1-25-22-26(2)24-28(23-25)32-9-6-8-30(37(32)38(4,5)31-14-11-29(33)12-15-31)13-10-27(3)36-20-18-35(19-21-36)17-7-16-34/h11-12,14-15,22-24,30,32H,3-10,13,17-21H2,1-2H3. The van der Waals surface area contributed by atoms with Crippen LogP contribution >= 0.6 is 21.0 Å². The fraction of sp³-hybridized carbons (Fsp3) is 0.469. The lowest BCUT2D eigenvalue weighted by Crippen LogP contribution is -2.46. The zero-order chi connectivity index (χ0) is 27.3. The second kappa shape index (κ2) is 12.7. The van der Waals surface area contributed by atoms with Gasteiger partial charge in [-0.2, -0.15) is 5.26 Å². The van der Waals surface area contributed by atoms with Gasteiger partial charge in [-0.15, -0.1) is 9.39 Å². The van der Waals surface area contributed by atoms with Gasteiger partial charge >= 0.3 is 0 Å². The lowest BCUT2D eigenvalue weighted by Gasteiger charge is -2.47. The predicted molar refractivity (Wildman–Crippen MR) is 166 cm³/mol. The van der Waals surface area contributed by atoms with Gasteiger partial charge in [0.25, 0.3) is 0 Å². The van der Waals surface area contributed by atoms with E-state index in [1.54, 1.807) is 0 Å². The zero-order valence-corrected chi connectivity index (χ0v) is 24.7. The van der Waals surface area contributed by atoms with Crippen LogP contribution in [-0.4, -0.2) is 64.6 Å². The van der Waals surface area contributed by atoms with Gasteiger partial charge in [-0.1, -0.05) is 59.2 Å². The molecule has 2 unspecified atom stereocenters. The zero-order valence-electron chi connectivity index (χ0n) is 23.2. The van der Waals surface area contributed by atoms with Gasteiger partial charge in [-0.05, 0) is 75.8 Å². The van der Waals surface area contributed by atoms with E-state index in [-0.39, 0.29) is 0 Å². The Morgan fingerprint density at radius 3 is 2.32 bits per heavy atom. The number of nitrogens with zero attached hydrogens (tertiary/aromatic N) is 4. The van der Waals surface area contributed by atoms with Crippen LogP contribution in [0.4, 0.5) is 0 Å². The normalized spacial score (nSPS) is 21.3. The lowest BCUT2D eigenvalue weighted by molar-refractivity contribution is 0.151. The van der Waals surface area contributed by atoms with Crippen LogP contribution in [0.2, 0.25) is 5.02 Å². The molecule has 2 heterocycles. The highest BCUT2D eigenvalue weighted by atomic mass is 35.5. The summed E-state index contributed by atoms with van der Waals surface area (Å²) < 4.78 is 2.68. The maximum absolute atomic E-state index is 8.89. The molecule has 4 nitrogen and oxygen atoms in total. The number of hydrogen-bond donors (Lipinski definition) is 0. The van der Waals surface area contributed by atoms with Crippen molar-refractivity contribution in [2.45, 2.75) is 69.4 Å². The summed E-state index contributed by atoms with van der Waals surface area (Å²) in [7, 11) is -1.74. The van der Waals surface area contributed by atoms with Gasteiger partial charge in [0.1, 0.15) is 0 Å². The van der Waals surface area contributed by atoms with Gasteiger partial charge < -0.3 is 4.90 Å². The summed E-state index contributed by atoms with van der Waals surface area (Å²) in [6, 6.07) is 18.1. The van der Waals surface area contributed by atoms with Crippen LogP contribution in [0.25, 0.3) is 0 Å². The smallest absolute Gasteiger partial charge is 0.0635 e. The van der Waals surface area contributed by atoms with E-state index in [0.29, 0.717) is 18.5 Å². The molecule has 2 aliphatic rings. The van der Waals surface area contributed by atoms with Crippen LogP contribution in [0.3, 0.4) is 0 Å². The average Bonchev–Trinajstić information content (AvgIpc) is 2.90. The lowest BCUT2D eigenvalue weighted by atomic mass is 9.90. The Morgan fingerprint density at radius 2 is 1.68 bits per heavy atom. The summed E-state index contributed by atoms with van der Waals surface area (Å²) in [5.74, 6) is 9.62. The maximum Gasteiger partial charge on any atom is 0.0635 e. The predicted octanol–water partition coefficient (Wildman–Crippen LogP) is 7.32. The molecule has 0 aliphatic carbocycles. The minimum absolute atomic E-state index is 0.296. The molecule has 2 saturated heterocycles. The molecular weight excluding hydrogens is 508 g/mol. The van der Waals surface area contributed by atoms with Crippen molar-refractivity contribution in [3.8, 4) is 6.07 Å². The summed E-state index contributed by atoms with van der Waals surface area (Å²) in [5.41, 5.74) is 5.24. The SMILES string of the molecule is C=C(CCC1CCCC(c2cc(C)cc(C)c2)N1S(=C)(=C)c1ccc(Cl)cc1)N1CCN(CCC#N)CC1. The molecule has 2 aromatic rings. The number of piperazine rings is 1. The fourth-order valence-corrected chi connectivity index (χ4v) is 8.68. The number of halogens is 1. The van der Waals surface area contributed by atoms with Crippen molar-refractivity contribution in [3.05, 3.63) is 76.5 Å². The number of rotatable bonds is 9. The highest BCUT2D eigenvalue weighted by molar-refractivity contribution is 8.25. The van der Waals surface area contributed by atoms with Crippen LogP contribution in [0, 0.1) is 25.2 Å². The van der Waals surface area contributed by atoms with E-state index in [1.807, 2.05) is 12.1 Å². The molecule has 0 saturated carbocycles. The average molecular weight is 551 g/mol. The molecule has 0 spiro atoms. The van der Waals surface area contributed by atoms with Crippen molar-refractivity contribution in [2.75, 3.05) is 32.7 Å². The Balaban J connectivity index is 1.55.